The van der Waals surface area contributed by atoms with E-state index >= 15 is 0 Å². The van der Waals surface area contributed by atoms with Crippen molar-refractivity contribution in [3.8, 4) is 17.0 Å². The summed E-state index contributed by atoms with van der Waals surface area (Å²) in [5, 5.41) is 0.736. The lowest BCUT2D eigenvalue weighted by molar-refractivity contribution is -0.114. The van der Waals surface area contributed by atoms with Crippen LogP contribution in [-0.4, -0.2) is 29.9 Å². The Balaban J connectivity index is 1.82. The molecule has 33 heavy (non-hydrogen) atoms. The van der Waals surface area contributed by atoms with Gasteiger partial charge in [0.25, 0.3) is 5.91 Å². The molecule has 0 aliphatic heterocycles. The van der Waals surface area contributed by atoms with Gasteiger partial charge < -0.3 is 21.9 Å². The molecule has 0 saturated heterocycles. The second kappa shape index (κ2) is 8.90. The van der Waals surface area contributed by atoms with E-state index in [4.69, 9.17) is 21.9 Å². The number of carbonyl (C=O) groups excluding carboxylic acids is 1. The molecule has 2 aromatic carbocycles. The normalized spacial score (nSPS) is 19.1. The number of rotatable bonds is 6. The Hall–Kier alpha value is -3.94. The summed E-state index contributed by atoms with van der Waals surface area (Å²) in [4.78, 5) is 21.3. The van der Waals surface area contributed by atoms with E-state index in [2.05, 4.69) is 16.9 Å². The maximum Gasteiger partial charge on any atom is 0.254 e. The molecular weight excluding hydrogens is 421 g/mol. The average Bonchev–Trinajstić information content (AvgIpc) is 2.76. The third-order valence-electron chi connectivity index (χ3n) is 5.87. The smallest absolute Gasteiger partial charge is 0.254 e. The molecule has 1 heterocycles. The average molecular weight is 448 g/mol. The molecule has 0 unspecified atom stereocenters. The van der Waals surface area contributed by atoms with E-state index in [1.807, 2.05) is 0 Å². The fourth-order valence-corrected chi connectivity index (χ4v) is 4.10. The van der Waals surface area contributed by atoms with E-state index in [-0.39, 0.29) is 29.0 Å². The summed E-state index contributed by atoms with van der Waals surface area (Å²) in [7, 11) is 1.55. The first kappa shape index (κ1) is 22.3. The van der Waals surface area contributed by atoms with Gasteiger partial charge >= 0.3 is 0 Å². The predicted molar refractivity (Wildman–Crippen MR) is 128 cm³/mol. The number of nitrogens with two attached hydrogens (primary N) is 3. The quantitative estimate of drug-likeness (QED) is 0.303. The molecule has 8 heteroatoms. The number of nitrogens with zero attached hydrogens (tertiary/aromatic N) is 2. The van der Waals surface area contributed by atoms with E-state index in [0.29, 0.717) is 34.0 Å². The Morgan fingerprint density at radius 1 is 1.12 bits per heavy atom. The number of primary amides is 1. The van der Waals surface area contributed by atoms with Crippen LogP contribution in [0.15, 0.2) is 59.1 Å². The number of methoxy groups -OCH3 is 1. The van der Waals surface area contributed by atoms with Crippen LogP contribution >= 0.6 is 0 Å². The molecule has 0 radical (unpaired) electrons. The van der Waals surface area contributed by atoms with Crippen molar-refractivity contribution in [1.82, 2.24) is 4.98 Å². The summed E-state index contributed by atoms with van der Waals surface area (Å²) in [6.45, 7) is 2.13. The van der Waals surface area contributed by atoms with Gasteiger partial charge in [0.2, 0.25) is 0 Å². The van der Waals surface area contributed by atoms with Crippen LogP contribution in [0, 0.1) is 11.7 Å². The molecule has 1 amide bonds. The molecule has 1 saturated carbocycles. The van der Waals surface area contributed by atoms with Gasteiger partial charge in [-0.05, 0) is 43.0 Å². The highest BCUT2D eigenvalue weighted by Gasteiger charge is 2.26. The third-order valence-corrected chi connectivity index (χ3v) is 5.87. The Kier molecular flexibility index (Phi) is 6.00. The van der Waals surface area contributed by atoms with Crippen molar-refractivity contribution >= 4 is 28.3 Å². The Bertz CT molecular complexity index is 1300. The van der Waals surface area contributed by atoms with Crippen LogP contribution in [0.5, 0.6) is 5.75 Å². The van der Waals surface area contributed by atoms with Crippen molar-refractivity contribution in [3.05, 3.63) is 65.5 Å². The Labute approximate surface area is 191 Å². The van der Waals surface area contributed by atoms with Gasteiger partial charge in [0.1, 0.15) is 23.0 Å². The van der Waals surface area contributed by atoms with Gasteiger partial charge in [0.15, 0.2) is 0 Å². The number of benzene rings is 2. The molecular formula is C25H26FN5O2. The van der Waals surface area contributed by atoms with Crippen LogP contribution in [0.25, 0.3) is 27.9 Å². The standard InChI is InChI=1S/C25H26FN5O2/c1-13-8-17(9-13)30-24(28)22(25(29)32)23(27)15-6-7-18-20(11-15)31-19(12-21(18)33-2)14-4-3-5-16(26)10-14/h3-7,10-13,17H,8-9,27H2,1-2H3,(H2,28,30)(H2,29,32)/b23-22+. The van der Waals surface area contributed by atoms with Gasteiger partial charge in [0.05, 0.1) is 30.1 Å². The molecule has 0 spiro atoms. The number of carbonyl (C=O) groups is 1. The summed E-state index contributed by atoms with van der Waals surface area (Å²) in [6, 6.07) is 13.2. The second-order valence-corrected chi connectivity index (χ2v) is 8.35. The van der Waals surface area contributed by atoms with Crippen molar-refractivity contribution in [2.24, 2.45) is 28.1 Å². The zero-order valence-corrected chi connectivity index (χ0v) is 18.5. The fraction of sp³-hybridized carbons (Fsp3) is 0.240. The minimum Gasteiger partial charge on any atom is -0.496 e. The second-order valence-electron chi connectivity index (χ2n) is 8.35. The van der Waals surface area contributed by atoms with Crippen molar-refractivity contribution in [1.29, 1.82) is 0 Å². The van der Waals surface area contributed by atoms with Crippen LogP contribution in [-0.2, 0) is 4.79 Å². The lowest BCUT2D eigenvalue weighted by atomic mass is 9.82. The number of amidine groups is 1. The molecule has 1 aromatic heterocycles. The van der Waals surface area contributed by atoms with E-state index in [9.17, 15) is 9.18 Å². The Morgan fingerprint density at radius 3 is 2.52 bits per heavy atom. The largest absolute Gasteiger partial charge is 0.496 e. The monoisotopic (exact) mass is 447 g/mol. The molecule has 1 aliphatic rings. The number of aromatic nitrogens is 1. The summed E-state index contributed by atoms with van der Waals surface area (Å²) in [5.74, 6) is 0.0785. The minimum atomic E-state index is -0.750. The van der Waals surface area contributed by atoms with E-state index in [1.165, 1.54) is 12.1 Å². The van der Waals surface area contributed by atoms with Crippen LogP contribution in [0.4, 0.5) is 4.39 Å². The van der Waals surface area contributed by atoms with E-state index in [0.717, 1.165) is 18.2 Å². The lowest BCUT2D eigenvalue weighted by Gasteiger charge is -2.29. The van der Waals surface area contributed by atoms with Gasteiger partial charge in [-0.15, -0.1) is 0 Å². The number of hydrogen-bond donors (Lipinski definition) is 3. The van der Waals surface area contributed by atoms with Gasteiger partial charge in [-0.1, -0.05) is 25.1 Å². The molecule has 1 aliphatic carbocycles. The molecule has 0 bridgehead atoms. The van der Waals surface area contributed by atoms with Crippen LogP contribution in [0.1, 0.15) is 25.3 Å². The minimum absolute atomic E-state index is 0.0119. The van der Waals surface area contributed by atoms with Gasteiger partial charge in [-0.2, -0.15) is 0 Å². The summed E-state index contributed by atoms with van der Waals surface area (Å²) in [6.07, 6.45) is 1.82. The summed E-state index contributed by atoms with van der Waals surface area (Å²) in [5.41, 5.74) is 20.4. The highest BCUT2D eigenvalue weighted by atomic mass is 19.1. The van der Waals surface area contributed by atoms with Gasteiger partial charge in [-0.25, -0.2) is 9.37 Å². The van der Waals surface area contributed by atoms with Crippen molar-refractivity contribution < 1.29 is 13.9 Å². The predicted octanol–water partition coefficient (Wildman–Crippen LogP) is 3.36. The first-order valence-electron chi connectivity index (χ1n) is 10.6. The highest BCUT2D eigenvalue weighted by Crippen LogP contribution is 2.32. The van der Waals surface area contributed by atoms with Crippen molar-refractivity contribution in [2.75, 3.05) is 7.11 Å². The number of halogens is 1. The number of amides is 1. The van der Waals surface area contributed by atoms with Crippen molar-refractivity contribution in [2.45, 2.75) is 25.8 Å². The lowest BCUT2D eigenvalue weighted by Crippen LogP contribution is -2.33. The molecule has 3 aromatic rings. The molecule has 1 fully saturated rings. The molecule has 0 atom stereocenters. The molecule has 170 valence electrons. The number of pyridine rings is 1. The zero-order valence-electron chi connectivity index (χ0n) is 18.5. The maximum absolute atomic E-state index is 13.8. The van der Waals surface area contributed by atoms with Crippen LogP contribution < -0.4 is 21.9 Å². The molecule has 4 rings (SSSR count). The third kappa shape index (κ3) is 4.50. The van der Waals surface area contributed by atoms with E-state index < -0.39 is 5.91 Å². The number of ether oxygens (including phenoxy) is 1. The SMILES string of the molecule is COc1cc(-c2cccc(F)c2)nc2cc(/C(N)=C(\C(N)=O)C(N)=NC3CC(C)C3)ccc12. The maximum atomic E-state index is 13.8. The molecule has 7 nitrogen and oxygen atoms in total. The van der Waals surface area contributed by atoms with Gasteiger partial charge in [0, 0.05) is 22.6 Å². The highest BCUT2D eigenvalue weighted by molar-refractivity contribution is 6.24. The van der Waals surface area contributed by atoms with Crippen molar-refractivity contribution in [3.63, 3.8) is 0 Å². The molecule has 6 N–H and O–H groups in total. The Morgan fingerprint density at radius 2 is 1.88 bits per heavy atom. The first-order valence-corrected chi connectivity index (χ1v) is 10.6. The fourth-order valence-electron chi connectivity index (χ4n) is 4.10. The topological polar surface area (TPSA) is 130 Å². The number of aliphatic imine (C=N–C) groups is 1. The number of fused-ring (bicyclic) bond motifs is 1. The zero-order chi connectivity index (χ0) is 23.7. The first-order chi connectivity index (χ1) is 15.8. The summed E-state index contributed by atoms with van der Waals surface area (Å²) >= 11 is 0. The van der Waals surface area contributed by atoms with Gasteiger partial charge in [-0.3, -0.25) is 9.79 Å². The van der Waals surface area contributed by atoms with Crippen LogP contribution in [0.2, 0.25) is 0 Å². The van der Waals surface area contributed by atoms with Crippen LogP contribution in [0.3, 0.4) is 0 Å². The number of hydrogen-bond acceptors (Lipinski definition) is 5. The summed E-state index contributed by atoms with van der Waals surface area (Å²) < 4.78 is 19.3. The van der Waals surface area contributed by atoms with E-state index in [1.54, 1.807) is 43.5 Å².